The third-order valence-electron chi connectivity index (χ3n) is 4.37. The predicted octanol–water partition coefficient (Wildman–Crippen LogP) is 3.15. The van der Waals surface area contributed by atoms with Crippen molar-refractivity contribution in [2.24, 2.45) is 0 Å². The van der Waals surface area contributed by atoms with Gasteiger partial charge in [0, 0.05) is 18.6 Å². The Morgan fingerprint density at radius 2 is 2.15 bits per heavy atom. The second-order valence-corrected chi connectivity index (χ2v) is 6.78. The van der Waals surface area contributed by atoms with Gasteiger partial charge in [0.25, 0.3) is 0 Å². The Morgan fingerprint density at radius 3 is 2.85 bits per heavy atom. The molecule has 26 heavy (non-hydrogen) atoms. The van der Waals surface area contributed by atoms with Gasteiger partial charge >= 0.3 is 5.97 Å². The smallest absolute Gasteiger partial charge is 0.357 e. The number of amides is 1. The van der Waals surface area contributed by atoms with Crippen molar-refractivity contribution >= 4 is 28.3 Å². The number of nitrogens with one attached hydrogen (secondary N) is 1. The topological polar surface area (TPSA) is 77.5 Å². The van der Waals surface area contributed by atoms with Crippen LogP contribution in [0.3, 0.4) is 0 Å². The molecule has 3 rings (SSSR count). The van der Waals surface area contributed by atoms with Crippen LogP contribution < -0.4 is 5.32 Å². The number of carbonyl (C=O) groups is 2. The van der Waals surface area contributed by atoms with Gasteiger partial charge in [-0.05, 0) is 37.5 Å². The predicted molar refractivity (Wildman–Crippen MR) is 94.8 cm³/mol. The molecular weight excluding hydrogens is 359 g/mol. The highest BCUT2D eigenvalue weighted by Crippen LogP contribution is 2.36. The number of hydrogen-bond donors (Lipinski definition) is 1. The summed E-state index contributed by atoms with van der Waals surface area (Å²) in [6, 6.07) is 6.08. The van der Waals surface area contributed by atoms with Gasteiger partial charge < -0.3 is 14.8 Å². The second-order valence-electron chi connectivity index (χ2n) is 5.92. The van der Waals surface area contributed by atoms with Crippen LogP contribution in [0.4, 0.5) is 9.52 Å². The van der Waals surface area contributed by atoms with Gasteiger partial charge in [-0.2, -0.15) is 0 Å². The SMILES string of the molecule is CCOC(=O)c1csc(NC(=O)C2(c3cccc(F)c3)CCOCC2)n1. The van der Waals surface area contributed by atoms with Crippen LogP contribution in [0.1, 0.15) is 35.8 Å². The van der Waals surface area contributed by atoms with Crippen molar-refractivity contribution in [1.29, 1.82) is 0 Å². The van der Waals surface area contributed by atoms with Crippen molar-refractivity contribution in [2.75, 3.05) is 25.1 Å². The number of carbonyl (C=O) groups excluding carboxylic acids is 2. The fourth-order valence-corrected chi connectivity index (χ4v) is 3.67. The summed E-state index contributed by atoms with van der Waals surface area (Å²) in [5.74, 6) is -1.20. The zero-order valence-corrected chi connectivity index (χ0v) is 15.1. The number of anilines is 1. The van der Waals surface area contributed by atoms with Gasteiger partial charge in [0.05, 0.1) is 12.0 Å². The van der Waals surface area contributed by atoms with Crippen LogP contribution in [0.2, 0.25) is 0 Å². The summed E-state index contributed by atoms with van der Waals surface area (Å²) in [7, 11) is 0. The minimum absolute atomic E-state index is 0.152. The van der Waals surface area contributed by atoms with Crippen LogP contribution in [0, 0.1) is 5.82 Å². The molecule has 0 bridgehead atoms. The lowest BCUT2D eigenvalue weighted by atomic mass is 9.73. The number of nitrogens with zero attached hydrogens (tertiary/aromatic N) is 1. The van der Waals surface area contributed by atoms with Gasteiger partial charge in [0.1, 0.15) is 5.82 Å². The van der Waals surface area contributed by atoms with E-state index in [2.05, 4.69) is 10.3 Å². The molecule has 0 atom stereocenters. The summed E-state index contributed by atoms with van der Waals surface area (Å²) in [5, 5.41) is 4.61. The molecule has 0 spiro atoms. The van der Waals surface area contributed by atoms with Gasteiger partial charge in [-0.1, -0.05) is 12.1 Å². The molecule has 138 valence electrons. The Balaban J connectivity index is 1.84. The number of esters is 1. The van der Waals surface area contributed by atoms with Crippen molar-refractivity contribution < 1.29 is 23.5 Å². The summed E-state index contributed by atoms with van der Waals surface area (Å²) in [6.07, 6.45) is 0.886. The molecule has 2 aromatic rings. The highest BCUT2D eigenvalue weighted by Gasteiger charge is 2.42. The molecule has 1 N–H and O–H groups in total. The maximum atomic E-state index is 13.7. The number of hydrogen-bond acceptors (Lipinski definition) is 6. The molecule has 1 aromatic heterocycles. The molecule has 1 amide bonds. The van der Waals surface area contributed by atoms with Gasteiger partial charge in [0.15, 0.2) is 10.8 Å². The Kier molecular flexibility index (Phi) is 5.63. The van der Waals surface area contributed by atoms with E-state index >= 15 is 0 Å². The molecule has 6 nitrogen and oxygen atoms in total. The van der Waals surface area contributed by atoms with Gasteiger partial charge in [-0.15, -0.1) is 11.3 Å². The largest absolute Gasteiger partial charge is 0.461 e. The van der Waals surface area contributed by atoms with Crippen LogP contribution in [0.25, 0.3) is 0 Å². The highest BCUT2D eigenvalue weighted by atomic mass is 32.1. The molecule has 0 radical (unpaired) electrons. The van der Waals surface area contributed by atoms with E-state index in [0.29, 0.717) is 36.8 Å². The van der Waals surface area contributed by atoms with Crippen LogP contribution in [0.15, 0.2) is 29.6 Å². The van der Waals surface area contributed by atoms with Crippen LogP contribution in [0.5, 0.6) is 0 Å². The Labute approximate surface area is 154 Å². The van der Waals surface area contributed by atoms with E-state index < -0.39 is 11.4 Å². The van der Waals surface area contributed by atoms with Crippen LogP contribution in [-0.2, 0) is 19.7 Å². The van der Waals surface area contributed by atoms with E-state index in [0.717, 1.165) is 11.3 Å². The van der Waals surface area contributed by atoms with E-state index in [1.54, 1.807) is 19.1 Å². The van der Waals surface area contributed by atoms with E-state index in [-0.39, 0.29) is 24.0 Å². The first-order valence-electron chi connectivity index (χ1n) is 8.33. The second kappa shape index (κ2) is 7.92. The molecule has 2 heterocycles. The number of thiazole rings is 1. The first kappa shape index (κ1) is 18.5. The summed E-state index contributed by atoms with van der Waals surface area (Å²) in [4.78, 5) is 28.9. The maximum absolute atomic E-state index is 13.7. The Bertz CT molecular complexity index is 802. The molecule has 1 aliphatic rings. The first-order valence-corrected chi connectivity index (χ1v) is 9.21. The van der Waals surface area contributed by atoms with E-state index in [9.17, 15) is 14.0 Å². The number of ether oxygens (including phenoxy) is 2. The molecule has 0 aliphatic carbocycles. The minimum atomic E-state index is -0.893. The zero-order valence-electron chi connectivity index (χ0n) is 14.3. The number of rotatable bonds is 5. The number of benzene rings is 1. The lowest BCUT2D eigenvalue weighted by Gasteiger charge is -2.36. The normalized spacial score (nSPS) is 16.1. The molecule has 1 saturated heterocycles. The summed E-state index contributed by atoms with van der Waals surface area (Å²) < 4.78 is 24.0. The average molecular weight is 378 g/mol. The van der Waals surface area contributed by atoms with Crippen LogP contribution >= 0.6 is 11.3 Å². The number of halogens is 1. The zero-order chi connectivity index (χ0) is 18.6. The van der Waals surface area contributed by atoms with Crippen molar-refractivity contribution in [3.8, 4) is 0 Å². The van der Waals surface area contributed by atoms with E-state index in [4.69, 9.17) is 9.47 Å². The fourth-order valence-electron chi connectivity index (χ4n) is 3.00. The van der Waals surface area contributed by atoms with Crippen molar-refractivity contribution in [3.05, 3.63) is 46.7 Å². The van der Waals surface area contributed by atoms with Crippen molar-refractivity contribution in [1.82, 2.24) is 4.98 Å². The first-order chi connectivity index (χ1) is 12.5. The van der Waals surface area contributed by atoms with Gasteiger partial charge in [-0.3, -0.25) is 4.79 Å². The van der Waals surface area contributed by atoms with Crippen molar-refractivity contribution in [2.45, 2.75) is 25.2 Å². The number of aromatic nitrogens is 1. The van der Waals surface area contributed by atoms with Crippen LogP contribution in [-0.4, -0.2) is 36.7 Å². The van der Waals surface area contributed by atoms with E-state index in [1.807, 2.05) is 0 Å². The minimum Gasteiger partial charge on any atom is -0.461 e. The molecule has 0 unspecified atom stereocenters. The van der Waals surface area contributed by atoms with Gasteiger partial charge in [0.2, 0.25) is 5.91 Å². The third-order valence-corrected chi connectivity index (χ3v) is 5.13. The molecule has 1 fully saturated rings. The van der Waals surface area contributed by atoms with Crippen molar-refractivity contribution in [3.63, 3.8) is 0 Å². The monoisotopic (exact) mass is 378 g/mol. The molecule has 1 aromatic carbocycles. The molecule has 1 aliphatic heterocycles. The summed E-state index contributed by atoms with van der Waals surface area (Å²) in [5.41, 5.74) is -0.129. The lowest BCUT2D eigenvalue weighted by molar-refractivity contribution is -0.125. The molecule has 8 heteroatoms. The Morgan fingerprint density at radius 1 is 1.38 bits per heavy atom. The van der Waals surface area contributed by atoms with Gasteiger partial charge in [-0.25, -0.2) is 14.2 Å². The quantitative estimate of drug-likeness (QED) is 0.809. The molecular formula is C18H19FN2O4S. The standard InChI is InChI=1S/C18H19FN2O4S/c1-2-25-15(22)14-11-26-17(20-14)21-16(23)18(6-8-24-9-7-18)12-4-3-5-13(19)10-12/h3-5,10-11H,2,6-9H2,1H3,(H,20,21,23). The average Bonchev–Trinajstić information content (AvgIpc) is 3.11. The Hall–Kier alpha value is -2.32. The lowest BCUT2D eigenvalue weighted by Crippen LogP contribution is -2.44. The highest BCUT2D eigenvalue weighted by molar-refractivity contribution is 7.14. The summed E-state index contributed by atoms with van der Waals surface area (Å²) in [6.45, 7) is 2.79. The van der Waals surface area contributed by atoms with E-state index in [1.165, 1.54) is 17.5 Å². The summed E-state index contributed by atoms with van der Waals surface area (Å²) >= 11 is 1.14. The molecule has 0 saturated carbocycles. The maximum Gasteiger partial charge on any atom is 0.357 e. The fraction of sp³-hybridized carbons (Fsp3) is 0.389. The third kappa shape index (κ3) is 3.76.